The zero-order valence-corrected chi connectivity index (χ0v) is 10.5. The maximum absolute atomic E-state index is 8.73. The second-order valence-corrected chi connectivity index (χ2v) is 3.10. The van der Waals surface area contributed by atoms with Crippen LogP contribution in [0, 0.1) is 0 Å². The Morgan fingerprint density at radius 1 is 1.06 bits per heavy atom. The fraction of sp³-hybridized carbons (Fsp3) is 0.429. The van der Waals surface area contributed by atoms with E-state index in [0.717, 1.165) is 6.42 Å². The third-order valence-electron chi connectivity index (χ3n) is 1.42. The van der Waals surface area contributed by atoms with Gasteiger partial charge in [-0.15, -0.1) is 0 Å². The van der Waals surface area contributed by atoms with Crippen molar-refractivity contribution >= 4 is 0 Å². The molecule has 0 aliphatic carbocycles. The van der Waals surface area contributed by atoms with E-state index in [1.54, 1.807) is 25.2 Å². The van der Waals surface area contributed by atoms with Crippen LogP contribution >= 0.6 is 0 Å². The van der Waals surface area contributed by atoms with Crippen molar-refractivity contribution in [3.63, 3.8) is 0 Å². The Morgan fingerprint density at radius 3 is 2.12 bits per heavy atom. The normalized spacial score (nSPS) is 13.8. The largest absolute Gasteiger partial charge is 0.392 e. The molecule has 2 heteroatoms. The van der Waals surface area contributed by atoms with E-state index in [0.29, 0.717) is 0 Å². The lowest BCUT2D eigenvalue weighted by molar-refractivity contribution is 0.244. The molecule has 0 aromatic carbocycles. The van der Waals surface area contributed by atoms with Crippen molar-refractivity contribution in [2.24, 2.45) is 0 Å². The van der Waals surface area contributed by atoms with Crippen LogP contribution in [0.15, 0.2) is 48.6 Å². The SMILES string of the molecule is C/C=C/C=C/CO.CC/C=C/C=C/C(C)O. The summed E-state index contributed by atoms with van der Waals surface area (Å²) >= 11 is 0. The lowest BCUT2D eigenvalue weighted by Gasteiger charge is -1.88. The highest BCUT2D eigenvalue weighted by Crippen LogP contribution is 1.85. The number of rotatable bonds is 5. The van der Waals surface area contributed by atoms with Crippen molar-refractivity contribution in [3.8, 4) is 0 Å². The summed E-state index contributed by atoms with van der Waals surface area (Å²) in [7, 11) is 0. The van der Waals surface area contributed by atoms with Gasteiger partial charge >= 0.3 is 0 Å². The minimum absolute atomic E-state index is 0.129. The van der Waals surface area contributed by atoms with Gasteiger partial charge in [0, 0.05) is 0 Å². The summed E-state index contributed by atoms with van der Waals surface area (Å²) in [5.74, 6) is 0. The van der Waals surface area contributed by atoms with E-state index in [1.807, 2.05) is 37.3 Å². The Kier molecular flexibility index (Phi) is 17.6. The van der Waals surface area contributed by atoms with Crippen LogP contribution in [0.1, 0.15) is 27.2 Å². The Balaban J connectivity index is 0. The first-order valence-corrected chi connectivity index (χ1v) is 5.59. The molecule has 92 valence electrons. The fourth-order valence-electron chi connectivity index (χ4n) is 0.690. The van der Waals surface area contributed by atoms with Crippen LogP contribution in [0.4, 0.5) is 0 Å². The molecule has 0 heterocycles. The second-order valence-electron chi connectivity index (χ2n) is 3.10. The highest BCUT2D eigenvalue weighted by molar-refractivity contribution is 5.03. The molecule has 0 aliphatic rings. The van der Waals surface area contributed by atoms with Gasteiger partial charge in [0.1, 0.15) is 0 Å². The number of aliphatic hydroxyl groups excluding tert-OH is 2. The third kappa shape index (κ3) is 23.1. The lowest BCUT2D eigenvalue weighted by Crippen LogP contribution is -1.90. The molecule has 0 amide bonds. The molecule has 1 atom stereocenters. The summed E-state index contributed by atoms with van der Waals surface area (Å²) in [6, 6.07) is 0. The smallest absolute Gasteiger partial charge is 0.0695 e. The van der Waals surface area contributed by atoms with Crippen LogP contribution in [0.3, 0.4) is 0 Å². The van der Waals surface area contributed by atoms with Crippen LogP contribution in [0.25, 0.3) is 0 Å². The highest BCUT2D eigenvalue weighted by atomic mass is 16.3. The third-order valence-corrected chi connectivity index (χ3v) is 1.42. The molecule has 0 saturated carbocycles. The Morgan fingerprint density at radius 2 is 1.69 bits per heavy atom. The minimum Gasteiger partial charge on any atom is -0.392 e. The van der Waals surface area contributed by atoms with Crippen molar-refractivity contribution in [1.82, 2.24) is 0 Å². The number of hydrogen-bond acceptors (Lipinski definition) is 2. The van der Waals surface area contributed by atoms with Gasteiger partial charge in [0.25, 0.3) is 0 Å². The molecule has 0 aliphatic heterocycles. The van der Waals surface area contributed by atoms with Crippen molar-refractivity contribution in [1.29, 1.82) is 0 Å². The van der Waals surface area contributed by atoms with E-state index >= 15 is 0 Å². The van der Waals surface area contributed by atoms with Gasteiger partial charge in [-0.05, 0) is 20.3 Å². The molecule has 2 nitrogen and oxygen atoms in total. The van der Waals surface area contributed by atoms with E-state index in [1.165, 1.54) is 0 Å². The second kappa shape index (κ2) is 16.3. The summed E-state index contributed by atoms with van der Waals surface area (Å²) in [5.41, 5.74) is 0. The zero-order chi connectivity index (χ0) is 12.6. The molecule has 0 aromatic rings. The maximum atomic E-state index is 8.73. The van der Waals surface area contributed by atoms with Gasteiger partial charge in [-0.3, -0.25) is 0 Å². The first-order valence-electron chi connectivity index (χ1n) is 5.59. The quantitative estimate of drug-likeness (QED) is 0.705. The summed E-state index contributed by atoms with van der Waals surface area (Å²) in [4.78, 5) is 0. The molecule has 2 N–H and O–H groups in total. The Bertz CT molecular complexity index is 223. The molecule has 0 fully saturated rings. The van der Waals surface area contributed by atoms with E-state index in [9.17, 15) is 0 Å². The Hall–Kier alpha value is -1.12. The molecule has 1 unspecified atom stereocenters. The molecule has 0 spiro atoms. The van der Waals surface area contributed by atoms with Gasteiger partial charge in [-0.1, -0.05) is 55.5 Å². The zero-order valence-electron chi connectivity index (χ0n) is 10.5. The first-order chi connectivity index (χ1) is 7.68. The average Bonchev–Trinajstić information content (AvgIpc) is 2.26. The average molecular weight is 224 g/mol. The molecule has 0 aromatic heterocycles. The van der Waals surface area contributed by atoms with Gasteiger partial charge in [0.2, 0.25) is 0 Å². The van der Waals surface area contributed by atoms with Gasteiger partial charge in [-0.2, -0.15) is 0 Å². The number of hydrogen-bond donors (Lipinski definition) is 2. The van der Waals surface area contributed by atoms with E-state index < -0.39 is 0 Å². The van der Waals surface area contributed by atoms with Crippen molar-refractivity contribution < 1.29 is 10.2 Å². The number of allylic oxidation sites excluding steroid dienone is 6. The predicted molar refractivity (Wildman–Crippen MR) is 71.3 cm³/mol. The van der Waals surface area contributed by atoms with E-state index in [-0.39, 0.29) is 12.7 Å². The topological polar surface area (TPSA) is 40.5 Å². The molecule has 0 rings (SSSR count). The monoisotopic (exact) mass is 224 g/mol. The lowest BCUT2D eigenvalue weighted by atomic mass is 10.3. The summed E-state index contributed by atoms with van der Waals surface area (Å²) in [6.45, 7) is 5.87. The van der Waals surface area contributed by atoms with Crippen LogP contribution in [-0.2, 0) is 0 Å². The first kappa shape index (κ1) is 17.3. The van der Waals surface area contributed by atoms with Crippen molar-refractivity contribution in [3.05, 3.63) is 48.6 Å². The van der Waals surface area contributed by atoms with Gasteiger partial charge in [0.15, 0.2) is 0 Å². The molecular formula is C14H24O2. The van der Waals surface area contributed by atoms with Gasteiger partial charge in [0.05, 0.1) is 12.7 Å². The summed E-state index contributed by atoms with van der Waals surface area (Å²) in [6.07, 6.45) is 15.6. The minimum atomic E-state index is -0.327. The van der Waals surface area contributed by atoms with E-state index in [4.69, 9.17) is 10.2 Å². The molecule has 16 heavy (non-hydrogen) atoms. The van der Waals surface area contributed by atoms with Crippen molar-refractivity contribution in [2.75, 3.05) is 6.61 Å². The maximum Gasteiger partial charge on any atom is 0.0695 e. The molecule has 0 saturated heterocycles. The van der Waals surface area contributed by atoms with Crippen LogP contribution < -0.4 is 0 Å². The molecule has 0 bridgehead atoms. The summed E-state index contributed by atoms with van der Waals surface area (Å²) < 4.78 is 0. The van der Waals surface area contributed by atoms with Crippen molar-refractivity contribution in [2.45, 2.75) is 33.3 Å². The highest BCUT2D eigenvalue weighted by Gasteiger charge is 1.79. The standard InChI is InChI=1S/C8H14O.C6H10O/c1-3-4-5-6-7-8(2)9;1-2-3-4-5-6-7/h4-9H,3H2,1-2H3;2-5,7H,6H2,1H3/b5-4+,7-6+;3-2+,5-4+. The Labute approximate surface area is 99.3 Å². The van der Waals surface area contributed by atoms with Gasteiger partial charge < -0.3 is 10.2 Å². The number of aliphatic hydroxyl groups is 2. The van der Waals surface area contributed by atoms with Gasteiger partial charge in [-0.25, -0.2) is 0 Å². The predicted octanol–water partition coefficient (Wildman–Crippen LogP) is 3.00. The molecule has 0 radical (unpaired) electrons. The van der Waals surface area contributed by atoms with Crippen LogP contribution in [0.2, 0.25) is 0 Å². The fourth-order valence-corrected chi connectivity index (χ4v) is 0.690. The molecular weight excluding hydrogens is 200 g/mol. The van der Waals surface area contributed by atoms with E-state index in [2.05, 4.69) is 6.92 Å². The van der Waals surface area contributed by atoms with Crippen LogP contribution in [0.5, 0.6) is 0 Å². The summed E-state index contributed by atoms with van der Waals surface area (Å²) in [5, 5.41) is 16.9. The van der Waals surface area contributed by atoms with Crippen LogP contribution in [-0.4, -0.2) is 22.9 Å².